The van der Waals surface area contributed by atoms with Crippen molar-refractivity contribution in [3.8, 4) is 5.75 Å². The average Bonchev–Trinajstić information content (AvgIpc) is 2.55. The van der Waals surface area contributed by atoms with Crippen LogP contribution in [0.25, 0.3) is 0 Å². The van der Waals surface area contributed by atoms with Gasteiger partial charge in [0, 0.05) is 5.69 Å². The summed E-state index contributed by atoms with van der Waals surface area (Å²) in [5.74, 6) is -0.577. The molecule has 0 aliphatic rings. The van der Waals surface area contributed by atoms with E-state index in [1.807, 2.05) is 37.3 Å². The van der Waals surface area contributed by atoms with Crippen molar-refractivity contribution in [2.24, 2.45) is 0 Å². The molecule has 0 bridgehead atoms. The van der Waals surface area contributed by atoms with Crippen LogP contribution in [0.2, 0.25) is 5.02 Å². The topological polar surface area (TPSA) is 38.3 Å². The Morgan fingerprint density at radius 1 is 1.21 bits per heavy atom. The van der Waals surface area contributed by atoms with Gasteiger partial charge in [-0.2, -0.15) is 8.78 Å². The van der Waals surface area contributed by atoms with Crippen LogP contribution in [-0.4, -0.2) is 12.5 Å². The van der Waals surface area contributed by atoms with Gasteiger partial charge in [0.1, 0.15) is 5.75 Å². The second-order valence-corrected chi connectivity index (χ2v) is 5.67. The third kappa shape index (κ3) is 4.93. The quantitative estimate of drug-likeness (QED) is 0.717. The van der Waals surface area contributed by atoms with Gasteiger partial charge in [0.2, 0.25) is 5.91 Å². The Morgan fingerprint density at radius 3 is 2.50 bits per heavy atom. The summed E-state index contributed by atoms with van der Waals surface area (Å²) in [6.07, 6.45) is 1.56. The lowest BCUT2D eigenvalue weighted by Gasteiger charge is -2.17. The van der Waals surface area contributed by atoms with Crippen molar-refractivity contribution in [1.29, 1.82) is 0 Å². The fraction of sp³-hybridized carbons (Fsp3) is 0.278. The molecule has 0 saturated heterocycles. The van der Waals surface area contributed by atoms with E-state index in [0.29, 0.717) is 12.1 Å². The standard InChI is InChI=1S/C18H18ClF2NO2/c1-2-6-14(12-7-4-3-5-8-12)17(23)22-13-9-10-16(15(19)11-13)24-18(20)21/h3-5,7-11,14,18H,2,6H2,1H3,(H,22,23). The summed E-state index contributed by atoms with van der Waals surface area (Å²) in [5, 5.41) is 2.79. The third-order valence-electron chi connectivity index (χ3n) is 3.51. The van der Waals surface area contributed by atoms with Crippen LogP contribution >= 0.6 is 11.6 Å². The number of alkyl halides is 2. The first-order chi connectivity index (χ1) is 11.5. The van der Waals surface area contributed by atoms with Crippen LogP contribution < -0.4 is 10.1 Å². The predicted octanol–water partition coefficient (Wildman–Crippen LogP) is 5.46. The van der Waals surface area contributed by atoms with E-state index in [0.717, 1.165) is 12.0 Å². The van der Waals surface area contributed by atoms with Gasteiger partial charge in [-0.3, -0.25) is 4.79 Å². The fourth-order valence-electron chi connectivity index (χ4n) is 2.42. The summed E-state index contributed by atoms with van der Waals surface area (Å²) in [6.45, 7) is -0.939. The summed E-state index contributed by atoms with van der Waals surface area (Å²) in [6, 6.07) is 13.7. The van der Waals surface area contributed by atoms with Crippen LogP contribution in [0.4, 0.5) is 14.5 Å². The first kappa shape index (κ1) is 18.2. The van der Waals surface area contributed by atoms with Gasteiger partial charge in [0.05, 0.1) is 10.9 Å². The van der Waals surface area contributed by atoms with Crippen molar-refractivity contribution in [2.45, 2.75) is 32.3 Å². The van der Waals surface area contributed by atoms with Crippen molar-refractivity contribution >= 4 is 23.2 Å². The molecule has 6 heteroatoms. The number of nitrogens with one attached hydrogen (secondary N) is 1. The van der Waals surface area contributed by atoms with Crippen molar-refractivity contribution in [2.75, 3.05) is 5.32 Å². The molecule has 128 valence electrons. The molecule has 2 aromatic carbocycles. The van der Waals surface area contributed by atoms with Gasteiger partial charge < -0.3 is 10.1 Å². The van der Waals surface area contributed by atoms with Crippen molar-refractivity contribution in [3.05, 3.63) is 59.1 Å². The number of carbonyl (C=O) groups excluding carboxylic acids is 1. The maximum atomic E-state index is 12.6. The van der Waals surface area contributed by atoms with Crippen molar-refractivity contribution < 1.29 is 18.3 Å². The third-order valence-corrected chi connectivity index (χ3v) is 3.81. The monoisotopic (exact) mass is 353 g/mol. The minimum absolute atomic E-state index is 0.0138. The fourth-order valence-corrected chi connectivity index (χ4v) is 2.65. The van der Waals surface area contributed by atoms with Crippen molar-refractivity contribution in [3.63, 3.8) is 0 Å². The van der Waals surface area contributed by atoms with Crippen LogP contribution in [0, 0.1) is 0 Å². The molecule has 1 unspecified atom stereocenters. The lowest BCUT2D eigenvalue weighted by Crippen LogP contribution is -2.21. The van der Waals surface area contributed by atoms with Gasteiger partial charge in [-0.15, -0.1) is 0 Å². The van der Waals surface area contributed by atoms with Gasteiger partial charge >= 0.3 is 6.61 Å². The maximum Gasteiger partial charge on any atom is 0.387 e. The Morgan fingerprint density at radius 2 is 1.92 bits per heavy atom. The minimum atomic E-state index is -2.95. The van der Waals surface area contributed by atoms with Gasteiger partial charge in [0.15, 0.2) is 0 Å². The number of halogens is 3. The normalized spacial score (nSPS) is 12.0. The Labute approximate surface area is 144 Å². The zero-order chi connectivity index (χ0) is 17.5. The van der Waals surface area contributed by atoms with Crippen LogP contribution in [0.3, 0.4) is 0 Å². The van der Waals surface area contributed by atoms with E-state index in [4.69, 9.17) is 11.6 Å². The molecule has 1 atom stereocenters. The van der Waals surface area contributed by atoms with Crippen LogP contribution in [0.1, 0.15) is 31.2 Å². The highest BCUT2D eigenvalue weighted by Gasteiger charge is 2.20. The maximum absolute atomic E-state index is 12.6. The molecule has 2 aromatic rings. The lowest BCUT2D eigenvalue weighted by molar-refractivity contribution is -0.117. The Balaban J connectivity index is 2.13. The molecule has 0 aromatic heterocycles. The number of anilines is 1. The van der Waals surface area contributed by atoms with E-state index in [1.165, 1.54) is 18.2 Å². The Bertz CT molecular complexity index is 680. The summed E-state index contributed by atoms with van der Waals surface area (Å²) in [5.41, 5.74) is 1.37. The van der Waals surface area contributed by atoms with E-state index in [1.54, 1.807) is 0 Å². The molecule has 1 N–H and O–H groups in total. The Kier molecular flexibility index (Phi) is 6.55. The zero-order valence-corrected chi connectivity index (χ0v) is 13.9. The molecular formula is C18H18ClF2NO2. The number of benzene rings is 2. The highest BCUT2D eigenvalue weighted by molar-refractivity contribution is 6.32. The lowest BCUT2D eigenvalue weighted by atomic mass is 9.93. The zero-order valence-electron chi connectivity index (χ0n) is 13.1. The first-order valence-electron chi connectivity index (χ1n) is 7.61. The second kappa shape index (κ2) is 8.64. The van der Waals surface area contributed by atoms with Crippen LogP contribution in [-0.2, 0) is 4.79 Å². The summed E-state index contributed by atoms with van der Waals surface area (Å²) in [7, 11) is 0. The number of amides is 1. The largest absolute Gasteiger partial charge is 0.433 e. The number of carbonyl (C=O) groups is 1. The minimum Gasteiger partial charge on any atom is -0.433 e. The van der Waals surface area contributed by atoms with E-state index in [9.17, 15) is 13.6 Å². The second-order valence-electron chi connectivity index (χ2n) is 5.26. The highest BCUT2D eigenvalue weighted by Crippen LogP contribution is 2.30. The molecule has 1 amide bonds. The number of hydrogen-bond acceptors (Lipinski definition) is 2. The van der Waals surface area contributed by atoms with Gasteiger partial charge in [0.25, 0.3) is 0 Å². The molecule has 0 saturated carbocycles. The highest BCUT2D eigenvalue weighted by atomic mass is 35.5. The number of ether oxygens (including phenoxy) is 1. The molecule has 0 heterocycles. The van der Waals surface area contributed by atoms with E-state index in [2.05, 4.69) is 10.1 Å². The summed E-state index contributed by atoms with van der Waals surface area (Å²) >= 11 is 5.91. The molecule has 0 aliphatic heterocycles. The molecule has 3 nitrogen and oxygen atoms in total. The van der Waals surface area contributed by atoms with E-state index < -0.39 is 6.61 Å². The first-order valence-corrected chi connectivity index (χ1v) is 7.99. The van der Waals surface area contributed by atoms with E-state index in [-0.39, 0.29) is 22.6 Å². The molecule has 0 radical (unpaired) electrons. The summed E-state index contributed by atoms with van der Waals surface area (Å²) < 4.78 is 28.8. The predicted molar refractivity (Wildman–Crippen MR) is 90.8 cm³/mol. The molecule has 0 fully saturated rings. The van der Waals surface area contributed by atoms with Crippen LogP contribution in [0.5, 0.6) is 5.75 Å². The molecular weight excluding hydrogens is 336 g/mol. The SMILES string of the molecule is CCCC(C(=O)Nc1ccc(OC(F)F)c(Cl)c1)c1ccccc1. The number of rotatable bonds is 7. The van der Waals surface area contributed by atoms with E-state index >= 15 is 0 Å². The number of hydrogen-bond donors (Lipinski definition) is 1. The smallest absolute Gasteiger partial charge is 0.387 e. The van der Waals surface area contributed by atoms with Crippen LogP contribution in [0.15, 0.2) is 48.5 Å². The van der Waals surface area contributed by atoms with Gasteiger partial charge in [-0.1, -0.05) is 55.3 Å². The molecule has 0 spiro atoms. The molecule has 2 rings (SSSR count). The molecule has 24 heavy (non-hydrogen) atoms. The summed E-state index contributed by atoms with van der Waals surface area (Å²) in [4.78, 5) is 12.6. The van der Waals surface area contributed by atoms with Crippen molar-refractivity contribution in [1.82, 2.24) is 0 Å². The Hall–Kier alpha value is -2.14. The molecule has 0 aliphatic carbocycles. The van der Waals surface area contributed by atoms with Gasteiger partial charge in [-0.25, -0.2) is 0 Å². The average molecular weight is 354 g/mol. The van der Waals surface area contributed by atoms with Gasteiger partial charge in [-0.05, 0) is 30.2 Å².